The van der Waals surface area contributed by atoms with Crippen LogP contribution in [-0.4, -0.2) is 39.7 Å². The van der Waals surface area contributed by atoms with E-state index in [1.165, 1.54) is 0 Å². The first-order valence-corrected chi connectivity index (χ1v) is 12.2. The van der Waals surface area contributed by atoms with Crippen molar-refractivity contribution in [1.82, 2.24) is 14.7 Å². The van der Waals surface area contributed by atoms with Crippen molar-refractivity contribution in [2.45, 2.75) is 59.8 Å². The van der Waals surface area contributed by atoms with Crippen molar-refractivity contribution >= 4 is 23.4 Å². The number of urea groups is 1. The van der Waals surface area contributed by atoms with Gasteiger partial charge in [-0.05, 0) is 44.0 Å². The van der Waals surface area contributed by atoms with Gasteiger partial charge < -0.3 is 15.5 Å². The van der Waals surface area contributed by atoms with Gasteiger partial charge in [0, 0.05) is 23.7 Å². The van der Waals surface area contributed by atoms with Gasteiger partial charge >= 0.3 is 6.03 Å². The fourth-order valence-electron chi connectivity index (χ4n) is 3.58. The summed E-state index contributed by atoms with van der Waals surface area (Å²) in [4.78, 5) is 27.7. The van der Waals surface area contributed by atoms with Crippen LogP contribution in [0.3, 0.4) is 0 Å². The first-order chi connectivity index (χ1) is 16.6. The topological polar surface area (TPSA) is 79.3 Å². The van der Waals surface area contributed by atoms with E-state index < -0.39 is 0 Å². The zero-order valence-electron chi connectivity index (χ0n) is 21.7. The highest BCUT2D eigenvalue weighted by Crippen LogP contribution is 2.26. The lowest BCUT2D eigenvalue weighted by atomic mass is 9.92. The normalized spacial score (nSPS) is 11.3. The third kappa shape index (κ3) is 6.94. The summed E-state index contributed by atoms with van der Waals surface area (Å²) in [5.41, 5.74) is 4.41. The molecule has 1 aromatic heterocycles. The number of nitrogens with one attached hydrogen (secondary N) is 2. The molecule has 0 bridgehead atoms. The van der Waals surface area contributed by atoms with Crippen LogP contribution in [0.1, 0.15) is 57.4 Å². The fourth-order valence-corrected chi connectivity index (χ4v) is 3.58. The maximum Gasteiger partial charge on any atom is 0.322 e. The van der Waals surface area contributed by atoms with E-state index in [2.05, 4.69) is 38.3 Å². The lowest BCUT2D eigenvalue weighted by Gasteiger charge is -2.23. The molecule has 0 unspecified atom stereocenters. The number of para-hydroxylation sites is 1. The van der Waals surface area contributed by atoms with Gasteiger partial charge in [0.1, 0.15) is 12.4 Å². The number of carbonyl (C=O) groups excluding carboxylic acids is 2. The van der Waals surface area contributed by atoms with Crippen LogP contribution in [0.2, 0.25) is 0 Å². The minimum atomic E-state index is -0.287. The summed E-state index contributed by atoms with van der Waals surface area (Å²) in [6.07, 6.45) is 1.73. The van der Waals surface area contributed by atoms with Crippen LogP contribution in [0.4, 0.5) is 16.3 Å². The van der Waals surface area contributed by atoms with Gasteiger partial charge in [-0.15, -0.1) is 0 Å². The van der Waals surface area contributed by atoms with Gasteiger partial charge in [0.25, 0.3) is 0 Å². The average Bonchev–Trinajstić information content (AvgIpc) is 3.22. The Hall–Kier alpha value is -3.61. The standard InChI is InChI=1S/C28H37N5O2/c1-7-8-17-32(27(35)29-23-12-10-9-11-21(23)3)19-26(34)30-25-18-24(28(4,5)6)31-33(25)22-15-13-20(2)14-16-22/h9-16,18H,7-8,17,19H2,1-6H3,(H,29,35)(H,30,34). The third-order valence-electron chi connectivity index (χ3n) is 5.81. The second kappa shape index (κ2) is 11.2. The molecule has 2 N–H and O–H groups in total. The smallest absolute Gasteiger partial charge is 0.315 e. The Labute approximate surface area is 208 Å². The van der Waals surface area contributed by atoms with Gasteiger partial charge in [0.2, 0.25) is 5.91 Å². The number of benzene rings is 2. The summed E-state index contributed by atoms with van der Waals surface area (Å²) in [7, 11) is 0. The number of aryl methyl sites for hydroxylation is 2. The first kappa shape index (κ1) is 26.0. The van der Waals surface area contributed by atoms with E-state index in [1.54, 1.807) is 9.58 Å². The van der Waals surface area contributed by atoms with E-state index in [-0.39, 0.29) is 23.9 Å². The van der Waals surface area contributed by atoms with Crippen LogP contribution < -0.4 is 10.6 Å². The number of aromatic nitrogens is 2. The molecule has 3 aromatic rings. The highest BCUT2D eigenvalue weighted by molar-refractivity contribution is 5.97. The Bertz CT molecular complexity index is 1160. The van der Waals surface area contributed by atoms with Gasteiger partial charge in [-0.1, -0.05) is 70.0 Å². The lowest BCUT2D eigenvalue weighted by Crippen LogP contribution is -2.41. The van der Waals surface area contributed by atoms with Crippen molar-refractivity contribution in [2.75, 3.05) is 23.7 Å². The molecule has 0 aliphatic carbocycles. The second-order valence-corrected chi connectivity index (χ2v) is 9.98. The Morgan fingerprint density at radius 1 is 1.00 bits per heavy atom. The summed E-state index contributed by atoms with van der Waals surface area (Å²) in [6, 6.07) is 17.2. The van der Waals surface area contributed by atoms with E-state index in [9.17, 15) is 9.59 Å². The van der Waals surface area contributed by atoms with Crippen molar-refractivity contribution in [1.29, 1.82) is 0 Å². The summed E-state index contributed by atoms with van der Waals surface area (Å²) in [6.45, 7) is 12.7. The molecule has 0 aliphatic heterocycles. The largest absolute Gasteiger partial charge is 0.322 e. The molecule has 0 atom stereocenters. The average molecular weight is 476 g/mol. The Morgan fingerprint density at radius 2 is 1.69 bits per heavy atom. The highest BCUT2D eigenvalue weighted by Gasteiger charge is 2.23. The molecule has 0 saturated heterocycles. The van der Waals surface area contributed by atoms with Gasteiger partial charge in [-0.2, -0.15) is 5.10 Å². The third-order valence-corrected chi connectivity index (χ3v) is 5.81. The molecule has 0 saturated carbocycles. The first-order valence-electron chi connectivity index (χ1n) is 12.2. The number of nitrogens with zero attached hydrogens (tertiary/aromatic N) is 3. The van der Waals surface area contributed by atoms with Crippen molar-refractivity contribution in [2.24, 2.45) is 0 Å². The molecule has 35 heavy (non-hydrogen) atoms. The van der Waals surface area contributed by atoms with Gasteiger partial charge in [-0.25, -0.2) is 9.48 Å². The molecule has 3 rings (SSSR count). The Kier molecular flexibility index (Phi) is 8.33. The molecule has 7 heteroatoms. The minimum absolute atomic E-state index is 0.0539. The monoisotopic (exact) mass is 475 g/mol. The number of unbranched alkanes of at least 4 members (excludes halogenated alkanes) is 1. The van der Waals surface area contributed by atoms with Crippen molar-refractivity contribution < 1.29 is 9.59 Å². The molecule has 0 aliphatic rings. The quantitative estimate of drug-likeness (QED) is 0.416. The maximum absolute atomic E-state index is 13.1. The molecule has 0 radical (unpaired) electrons. The van der Waals surface area contributed by atoms with Crippen LogP contribution >= 0.6 is 0 Å². The maximum atomic E-state index is 13.1. The summed E-state index contributed by atoms with van der Waals surface area (Å²) >= 11 is 0. The van der Waals surface area contributed by atoms with Crippen LogP contribution in [0.5, 0.6) is 0 Å². The Morgan fingerprint density at radius 3 is 2.31 bits per heavy atom. The van der Waals surface area contributed by atoms with E-state index in [4.69, 9.17) is 5.10 Å². The SMILES string of the molecule is CCCCN(CC(=O)Nc1cc(C(C)(C)C)nn1-c1ccc(C)cc1)C(=O)Nc1ccccc1C. The van der Waals surface area contributed by atoms with E-state index >= 15 is 0 Å². The molecular weight excluding hydrogens is 438 g/mol. The molecule has 3 amide bonds. The molecule has 2 aromatic carbocycles. The number of carbonyl (C=O) groups is 2. The molecule has 1 heterocycles. The second-order valence-electron chi connectivity index (χ2n) is 9.98. The molecule has 0 fully saturated rings. The summed E-state index contributed by atoms with van der Waals surface area (Å²) in [5.74, 6) is 0.313. The van der Waals surface area contributed by atoms with E-state index in [0.29, 0.717) is 12.4 Å². The number of hydrogen-bond acceptors (Lipinski definition) is 3. The molecule has 186 valence electrons. The fraction of sp³-hybridized carbons (Fsp3) is 0.393. The van der Waals surface area contributed by atoms with Crippen LogP contribution in [-0.2, 0) is 10.2 Å². The van der Waals surface area contributed by atoms with Gasteiger partial charge in [0.15, 0.2) is 0 Å². The summed E-state index contributed by atoms with van der Waals surface area (Å²) in [5, 5.41) is 10.7. The van der Waals surface area contributed by atoms with Crippen molar-refractivity contribution in [3.8, 4) is 5.69 Å². The van der Waals surface area contributed by atoms with E-state index in [0.717, 1.165) is 41.0 Å². The number of rotatable bonds is 8. The minimum Gasteiger partial charge on any atom is -0.315 e. The predicted octanol–water partition coefficient (Wildman–Crippen LogP) is 6.06. The number of anilines is 2. The Balaban J connectivity index is 1.81. The zero-order valence-corrected chi connectivity index (χ0v) is 21.7. The number of amides is 3. The molecule has 7 nitrogen and oxygen atoms in total. The van der Waals surface area contributed by atoms with Gasteiger partial charge in [0.05, 0.1) is 11.4 Å². The van der Waals surface area contributed by atoms with Crippen LogP contribution in [0.25, 0.3) is 5.69 Å². The lowest BCUT2D eigenvalue weighted by molar-refractivity contribution is -0.116. The zero-order chi connectivity index (χ0) is 25.6. The van der Waals surface area contributed by atoms with Crippen molar-refractivity contribution in [3.05, 3.63) is 71.4 Å². The predicted molar refractivity (Wildman–Crippen MR) is 142 cm³/mol. The van der Waals surface area contributed by atoms with Crippen LogP contribution in [0.15, 0.2) is 54.6 Å². The molecular formula is C28H37N5O2. The molecule has 0 spiro atoms. The van der Waals surface area contributed by atoms with Crippen LogP contribution in [0, 0.1) is 13.8 Å². The van der Waals surface area contributed by atoms with Gasteiger partial charge in [-0.3, -0.25) is 4.79 Å². The van der Waals surface area contributed by atoms with E-state index in [1.807, 2.05) is 68.4 Å². The summed E-state index contributed by atoms with van der Waals surface area (Å²) < 4.78 is 1.75. The number of hydrogen-bond donors (Lipinski definition) is 2. The highest BCUT2D eigenvalue weighted by atomic mass is 16.2. The van der Waals surface area contributed by atoms with Crippen molar-refractivity contribution in [3.63, 3.8) is 0 Å².